The molecule has 122 valence electrons. The summed E-state index contributed by atoms with van der Waals surface area (Å²) in [4.78, 5) is 2.56. The number of rotatable bonds is 10. The summed E-state index contributed by atoms with van der Waals surface area (Å²) in [7, 11) is 1.78. The highest BCUT2D eigenvalue weighted by Gasteiger charge is 2.30. The smallest absolute Gasteiger partial charge is 0.0589 e. The lowest BCUT2D eigenvalue weighted by molar-refractivity contribution is 0.0744. The Morgan fingerprint density at radius 3 is 2.00 bits per heavy atom. The molecule has 0 aliphatic rings. The Morgan fingerprint density at radius 2 is 1.65 bits per heavy atom. The molecule has 0 spiro atoms. The third-order valence-corrected chi connectivity index (χ3v) is 4.35. The van der Waals surface area contributed by atoms with Gasteiger partial charge in [0.2, 0.25) is 0 Å². The van der Waals surface area contributed by atoms with Crippen molar-refractivity contribution in [3.63, 3.8) is 0 Å². The first-order valence-corrected chi connectivity index (χ1v) is 8.17. The second-order valence-corrected chi connectivity index (χ2v) is 7.37. The maximum atomic E-state index is 5.26. The minimum absolute atomic E-state index is 0.185. The molecule has 0 bridgehead atoms. The van der Waals surface area contributed by atoms with Crippen LogP contribution in [0.5, 0.6) is 0 Å². The minimum Gasteiger partial charge on any atom is -0.383 e. The molecule has 3 heteroatoms. The molecule has 0 fully saturated rings. The Bertz CT molecular complexity index is 242. The molecule has 0 heterocycles. The van der Waals surface area contributed by atoms with Gasteiger partial charge in [-0.2, -0.15) is 0 Å². The van der Waals surface area contributed by atoms with Crippen molar-refractivity contribution in [1.82, 2.24) is 10.2 Å². The first-order chi connectivity index (χ1) is 9.19. The number of nitrogens with zero attached hydrogens (tertiary/aromatic N) is 1. The zero-order chi connectivity index (χ0) is 15.8. The van der Waals surface area contributed by atoms with Gasteiger partial charge in [0.15, 0.2) is 0 Å². The van der Waals surface area contributed by atoms with E-state index in [1.165, 1.54) is 12.8 Å². The van der Waals surface area contributed by atoms with Gasteiger partial charge in [0.1, 0.15) is 0 Å². The molecule has 0 saturated heterocycles. The van der Waals surface area contributed by atoms with Crippen molar-refractivity contribution in [2.75, 3.05) is 33.4 Å². The molecule has 0 unspecified atom stereocenters. The Labute approximate surface area is 127 Å². The lowest BCUT2D eigenvalue weighted by atomic mass is 9.80. The van der Waals surface area contributed by atoms with Crippen LogP contribution in [0.15, 0.2) is 0 Å². The van der Waals surface area contributed by atoms with Gasteiger partial charge in [-0.3, -0.25) is 4.90 Å². The van der Waals surface area contributed by atoms with Crippen LogP contribution in [0.4, 0.5) is 0 Å². The Kier molecular flexibility index (Phi) is 8.96. The molecular weight excluding hydrogens is 248 g/mol. The van der Waals surface area contributed by atoms with Crippen LogP contribution >= 0.6 is 0 Å². The molecule has 0 aromatic heterocycles. The molecule has 3 nitrogen and oxygen atoms in total. The molecule has 0 radical (unpaired) electrons. The molecule has 0 aliphatic heterocycles. The predicted molar refractivity (Wildman–Crippen MR) is 89.4 cm³/mol. The molecule has 1 N–H and O–H groups in total. The zero-order valence-corrected chi connectivity index (χ0v) is 15.2. The molecule has 0 aromatic carbocycles. The maximum Gasteiger partial charge on any atom is 0.0589 e. The molecule has 0 saturated carbocycles. The van der Waals surface area contributed by atoms with Gasteiger partial charge in [-0.05, 0) is 52.9 Å². The van der Waals surface area contributed by atoms with E-state index in [0.29, 0.717) is 11.5 Å². The highest BCUT2D eigenvalue weighted by Crippen LogP contribution is 2.28. The molecule has 0 atom stereocenters. The number of nitrogens with one attached hydrogen (secondary N) is 1. The van der Waals surface area contributed by atoms with Crippen molar-refractivity contribution in [2.24, 2.45) is 5.41 Å². The third-order valence-electron chi connectivity index (χ3n) is 4.35. The summed E-state index contributed by atoms with van der Waals surface area (Å²) < 4.78 is 5.26. The van der Waals surface area contributed by atoms with E-state index in [4.69, 9.17) is 4.74 Å². The van der Waals surface area contributed by atoms with E-state index < -0.39 is 0 Å². The largest absolute Gasteiger partial charge is 0.383 e. The normalized spacial score (nSPS) is 13.5. The van der Waals surface area contributed by atoms with Gasteiger partial charge in [-0.1, -0.05) is 13.8 Å². The van der Waals surface area contributed by atoms with E-state index in [1.807, 2.05) is 0 Å². The summed E-state index contributed by atoms with van der Waals surface area (Å²) >= 11 is 0. The SMILES string of the molecule is CCC(CC)(CNC(C)(C)C)CN(CCOC)C(C)C. The average molecular weight is 287 g/mol. The van der Waals surface area contributed by atoms with E-state index >= 15 is 0 Å². The van der Waals surface area contributed by atoms with Crippen LogP contribution < -0.4 is 5.32 Å². The highest BCUT2D eigenvalue weighted by molar-refractivity contribution is 4.86. The second-order valence-electron chi connectivity index (χ2n) is 7.37. The Hall–Kier alpha value is -0.120. The predicted octanol–water partition coefficient (Wildman–Crippen LogP) is 3.54. The summed E-state index contributed by atoms with van der Waals surface area (Å²) in [5.74, 6) is 0. The molecule has 20 heavy (non-hydrogen) atoms. The number of hydrogen-bond acceptors (Lipinski definition) is 3. The fourth-order valence-corrected chi connectivity index (χ4v) is 2.39. The van der Waals surface area contributed by atoms with Crippen molar-refractivity contribution < 1.29 is 4.74 Å². The van der Waals surface area contributed by atoms with Crippen LogP contribution in [0.3, 0.4) is 0 Å². The highest BCUT2D eigenvalue weighted by atomic mass is 16.5. The molecule has 0 aromatic rings. The average Bonchev–Trinajstić information content (AvgIpc) is 2.37. The van der Waals surface area contributed by atoms with Gasteiger partial charge in [0.25, 0.3) is 0 Å². The van der Waals surface area contributed by atoms with Crippen molar-refractivity contribution in [2.45, 2.75) is 72.9 Å². The van der Waals surface area contributed by atoms with E-state index in [0.717, 1.165) is 26.2 Å². The minimum atomic E-state index is 0.185. The van der Waals surface area contributed by atoms with E-state index in [1.54, 1.807) is 7.11 Å². The van der Waals surface area contributed by atoms with E-state index in [2.05, 4.69) is 58.7 Å². The quantitative estimate of drug-likeness (QED) is 0.665. The summed E-state index contributed by atoms with van der Waals surface area (Å²) in [6.45, 7) is 20.0. The Morgan fingerprint density at radius 1 is 1.10 bits per heavy atom. The van der Waals surface area contributed by atoms with Crippen LogP contribution in [-0.2, 0) is 4.74 Å². The van der Waals surface area contributed by atoms with Crippen LogP contribution in [0.25, 0.3) is 0 Å². The van der Waals surface area contributed by atoms with E-state index in [9.17, 15) is 0 Å². The first kappa shape index (κ1) is 19.9. The summed E-state index contributed by atoms with van der Waals surface area (Å²) in [5, 5.41) is 3.71. The molecule has 0 amide bonds. The summed E-state index contributed by atoms with van der Waals surface area (Å²) in [6, 6.07) is 0.567. The van der Waals surface area contributed by atoms with Crippen LogP contribution in [-0.4, -0.2) is 49.8 Å². The monoisotopic (exact) mass is 286 g/mol. The van der Waals surface area contributed by atoms with Crippen LogP contribution in [0.1, 0.15) is 61.3 Å². The summed E-state index contributed by atoms with van der Waals surface area (Å²) in [5.41, 5.74) is 0.538. The zero-order valence-electron chi connectivity index (χ0n) is 15.2. The molecular formula is C17H38N2O. The number of hydrogen-bond donors (Lipinski definition) is 1. The van der Waals surface area contributed by atoms with Crippen molar-refractivity contribution in [3.05, 3.63) is 0 Å². The fourth-order valence-electron chi connectivity index (χ4n) is 2.39. The summed E-state index contributed by atoms with van der Waals surface area (Å²) in [6.07, 6.45) is 2.42. The standard InChI is InChI=1S/C17H38N2O/c1-9-17(10-2,13-18-16(5,6)7)14-19(15(3)4)11-12-20-8/h15,18H,9-14H2,1-8H3. The van der Waals surface area contributed by atoms with Gasteiger partial charge in [-0.15, -0.1) is 0 Å². The van der Waals surface area contributed by atoms with Gasteiger partial charge >= 0.3 is 0 Å². The lowest BCUT2D eigenvalue weighted by Gasteiger charge is -2.41. The van der Waals surface area contributed by atoms with Gasteiger partial charge in [-0.25, -0.2) is 0 Å². The topological polar surface area (TPSA) is 24.5 Å². The van der Waals surface area contributed by atoms with Gasteiger partial charge < -0.3 is 10.1 Å². The second kappa shape index (κ2) is 9.01. The van der Waals surface area contributed by atoms with Gasteiger partial charge in [0, 0.05) is 38.3 Å². The number of ether oxygens (including phenoxy) is 1. The molecule has 0 rings (SSSR count). The van der Waals surface area contributed by atoms with Crippen molar-refractivity contribution >= 4 is 0 Å². The third kappa shape index (κ3) is 7.61. The van der Waals surface area contributed by atoms with Crippen molar-refractivity contribution in [1.29, 1.82) is 0 Å². The molecule has 0 aliphatic carbocycles. The maximum absolute atomic E-state index is 5.26. The lowest BCUT2D eigenvalue weighted by Crippen LogP contribution is -2.50. The van der Waals surface area contributed by atoms with E-state index in [-0.39, 0.29) is 5.54 Å². The number of methoxy groups -OCH3 is 1. The first-order valence-electron chi connectivity index (χ1n) is 8.17. The van der Waals surface area contributed by atoms with Crippen molar-refractivity contribution in [3.8, 4) is 0 Å². The fraction of sp³-hybridized carbons (Fsp3) is 1.00. The van der Waals surface area contributed by atoms with Crippen LogP contribution in [0, 0.1) is 5.41 Å². The van der Waals surface area contributed by atoms with Crippen LogP contribution in [0.2, 0.25) is 0 Å². The Balaban J connectivity index is 4.76. The van der Waals surface area contributed by atoms with Gasteiger partial charge in [0.05, 0.1) is 6.61 Å².